The van der Waals surface area contributed by atoms with E-state index in [0.29, 0.717) is 19.4 Å². The Balaban J connectivity index is 1.69. The lowest BCUT2D eigenvalue weighted by Crippen LogP contribution is -2.25. The van der Waals surface area contributed by atoms with Gasteiger partial charge in [-0.05, 0) is 48.1 Å². The molecule has 0 atom stereocenters. The maximum Gasteiger partial charge on any atom is 0.335 e. The van der Waals surface area contributed by atoms with Crippen LogP contribution in [0.5, 0.6) is 0 Å². The highest BCUT2D eigenvalue weighted by Gasteiger charge is 2.04. The number of aromatic carboxylic acids is 1. The van der Waals surface area contributed by atoms with Gasteiger partial charge in [-0.25, -0.2) is 4.79 Å². The molecule has 0 aliphatic carbocycles. The lowest BCUT2D eigenvalue weighted by Gasteiger charge is -2.06. The molecule has 0 aliphatic rings. The van der Waals surface area contributed by atoms with Crippen LogP contribution in [0.1, 0.15) is 40.4 Å². The Morgan fingerprint density at radius 1 is 0.875 bits per heavy atom. The van der Waals surface area contributed by atoms with E-state index in [1.807, 2.05) is 0 Å². The number of amides is 1. The fraction of sp³-hybridized carbons (Fsp3) is 0.300. The molecule has 0 bridgehead atoms. The molecule has 126 valence electrons. The van der Waals surface area contributed by atoms with Crippen molar-refractivity contribution >= 4 is 11.9 Å². The summed E-state index contributed by atoms with van der Waals surface area (Å²) in [6.07, 6.45) is 2.93. The predicted octanol–water partition coefficient (Wildman–Crippen LogP) is 3.24. The standard InChI is InChI=1S/C20H23NO3/c1-2-15-3-5-16(6-4-15)9-12-19(22)21-14-13-17-7-10-18(11-8-17)20(23)24/h3-8,10-11H,2,9,12-14H2,1H3,(H,21,22)(H,23,24). The minimum Gasteiger partial charge on any atom is -0.478 e. The van der Waals surface area contributed by atoms with Crippen LogP contribution < -0.4 is 5.32 Å². The van der Waals surface area contributed by atoms with Crippen LogP contribution in [0.4, 0.5) is 0 Å². The lowest BCUT2D eigenvalue weighted by molar-refractivity contribution is -0.121. The first-order chi connectivity index (χ1) is 11.6. The highest BCUT2D eigenvalue weighted by atomic mass is 16.4. The van der Waals surface area contributed by atoms with E-state index >= 15 is 0 Å². The molecule has 1 amide bonds. The van der Waals surface area contributed by atoms with E-state index in [9.17, 15) is 9.59 Å². The lowest BCUT2D eigenvalue weighted by atomic mass is 10.1. The van der Waals surface area contributed by atoms with Crippen LogP contribution in [0.3, 0.4) is 0 Å². The quantitative estimate of drug-likeness (QED) is 0.783. The highest BCUT2D eigenvalue weighted by molar-refractivity contribution is 5.87. The molecule has 0 radical (unpaired) electrons. The summed E-state index contributed by atoms with van der Waals surface area (Å²) in [6, 6.07) is 15.1. The van der Waals surface area contributed by atoms with Gasteiger partial charge in [0.1, 0.15) is 0 Å². The SMILES string of the molecule is CCc1ccc(CCC(=O)NCCc2ccc(C(=O)O)cc2)cc1. The molecule has 4 nitrogen and oxygen atoms in total. The van der Waals surface area contributed by atoms with Crippen molar-refractivity contribution < 1.29 is 14.7 Å². The van der Waals surface area contributed by atoms with Crippen molar-refractivity contribution in [1.29, 1.82) is 0 Å². The monoisotopic (exact) mass is 325 g/mol. The van der Waals surface area contributed by atoms with Crippen LogP contribution >= 0.6 is 0 Å². The van der Waals surface area contributed by atoms with Crippen LogP contribution in [-0.4, -0.2) is 23.5 Å². The number of hydrogen-bond donors (Lipinski definition) is 2. The second kappa shape index (κ2) is 8.87. The number of hydrogen-bond acceptors (Lipinski definition) is 2. The third kappa shape index (κ3) is 5.54. The van der Waals surface area contributed by atoms with Gasteiger partial charge in [0, 0.05) is 13.0 Å². The molecule has 4 heteroatoms. The maximum absolute atomic E-state index is 11.9. The number of carbonyl (C=O) groups excluding carboxylic acids is 1. The topological polar surface area (TPSA) is 66.4 Å². The summed E-state index contributed by atoms with van der Waals surface area (Å²) in [5.41, 5.74) is 3.76. The average molecular weight is 325 g/mol. The molecule has 24 heavy (non-hydrogen) atoms. The van der Waals surface area contributed by atoms with Crippen LogP contribution in [0, 0.1) is 0 Å². The average Bonchev–Trinajstić information content (AvgIpc) is 2.61. The number of nitrogens with one attached hydrogen (secondary N) is 1. The Morgan fingerprint density at radius 3 is 2.00 bits per heavy atom. The van der Waals surface area contributed by atoms with Gasteiger partial charge in [-0.2, -0.15) is 0 Å². The Kier molecular flexibility index (Phi) is 6.55. The van der Waals surface area contributed by atoms with Crippen molar-refractivity contribution in [3.8, 4) is 0 Å². The summed E-state index contributed by atoms with van der Waals surface area (Å²) in [6.45, 7) is 2.68. The van der Waals surface area contributed by atoms with Crippen LogP contribution in [0.2, 0.25) is 0 Å². The summed E-state index contributed by atoms with van der Waals surface area (Å²) < 4.78 is 0. The zero-order chi connectivity index (χ0) is 17.4. The number of aryl methyl sites for hydroxylation is 2. The minimum absolute atomic E-state index is 0.0386. The van der Waals surface area contributed by atoms with Crippen LogP contribution in [-0.2, 0) is 24.1 Å². The van der Waals surface area contributed by atoms with Crippen LogP contribution in [0.15, 0.2) is 48.5 Å². The van der Waals surface area contributed by atoms with Crippen molar-refractivity contribution in [1.82, 2.24) is 5.32 Å². The molecule has 2 aromatic carbocycles. The van der Waals surface area contributed by atoms with Gasteiger partial charge in [-0.15, -0.1) is 0 Å². The molecule has 0 heterocycles. The first-order valence-electron chi connectivity index (χ1n) is 8.25. The van der Waals surface area contributed by atoms with E-state index in [0.717, 1.165) is 18.4 Å². The summed E-state index contributed by atoms with van der Waals surface area (Å²) in [4.78, 5) is 22.7. The van der Waals surface area contributed by atoms with Crippen molar-refractivity contribution in [3.63, 3.8) is 0 Å². The minimum atomic E-state index is -0.929. The second-order valence-electron chi connectivity index (χ2n) is 5.77. The van der Waals surface area contributed by atoms with E-state index < -0.39 is 5.97 Å². The Hall–Kier alpha value is -2.62. The van der Waals surface area contributed by atoms with E-state index in [4.69, 9.17) is 5.11 Å². The number of benzene rings is 2. The zero-order valence-electron chi connectivity index (χ0n) is 13.9. The van der Waals surface area contributed by atoms with Gasteiger partial charge < -0.3 is 10.4 Å². The van der Waals surface area contributed by atoms with E-state index in [1.54, 1.807) is 24.3 Å². The largest absolute Gasteiger partial charge is 0.478 e. The highest BCUT2D eigenvalue weighted by Crippen LogP contribution is 2.08. The Bertz CT molecular complexity index is 675. The van der Waals surface area contributed by atoms with Gasteiger partial charge in [0.25, 0.3) is 0 Å². The molecule has 0 spiro atoms. The molecule has 2 aromatic rings. The molecule has 0 fully saturated rings. The number of carbonyl (C=O) groups is 2. The molecule has 0 unspecified atom stereocenters. The van der Waals surface area contributed by atoms with Crippen molar-refractivity contribution in [2.75, 3.05) is 6.54 Å². The first kappa shape index (κ1) is 17.7. The smallest absolute Gasteiger partial charge is 0.335 e. The van der Waals surface area contributed by atoms with Gasteiger partial charge in [-0.3, -0.25) is 4.79 Å². The third-order valence-corrected chi connectivity index (χ3v) is 4.01. The van der Waals surface area contributed by atoms with Crippen molar-refractivity contribution in [2.24, 2.45) is 0 Å². The summed E-state index contributed by atoms with van der Waals surface area (Å²) >= 11 is 0. The van der Waals surface area contributed by atoms with Gasteiger partial charge in [0.15, 0.2) is 0 Å². The van der Waals surface area contributed by atoms with Gasteiger partial charge in [0.05, 0.1) is 5.56 Å². The Labute approximate surface area is 142 Å². The summed E-state index contributed by atoms with van der Waals surface area (Å²) in [7, 11) is 0. The Morgan fingerprint density at radius 2 is 1.42 bits per heavy atom. The molecular formula is C20H23NO3. The third-order valence-electron chi connectivity index (χ3n) is 4.01. The van der Waals surface area contributed by atoms with Gasteiger partial charge in [-0.1, -0.05) is 43.3 Å². The first-order valence-corrected chi connectivity index (χ1v) is 8.25. The number of carboxylic acids is 1. The molecule has 0 saturated heterocycles. The van der Waals surface area contributed by atoms with Crippen molar-refractivity contribution in [3.05, 3.63) is 70.8 Å². The van der Waals surface area contributed by atoms with E-state index in [2.05, 4.69) is 36.5 Å². The normalized spacial score (nSPS) is 10.4. The number of carboxylic acid groups (broad SMARTS) is 1. The maximum atomic E-state index is 11.9. The van der Waals surface area contributed by atoms with E-state index in [1.165, 1.54) is 11.1 Å². The summed E-state index contributed by atoms with van der Waals surface area (Å²) in [5, 5.41) is 11.8. The molecule has 0 saturated carbocycles. The molecule has 0 aromatic heterocycles. The fourth-order valence-corrected chi connectivity index (χ4v) is 2.45. The fourth-order valence-electron chi connectivity index (χ4n) is 2.45. The second-order valence-corrected chi connectivity index (χ2v) is 5.77. The molecule has 2 rings (SSSR count). The molecular weight excluding hydrogens is 302 g/mol. The zero-order valence-corrected chi connectivity index (χ0v) is 13.9. The molecule has 0 aliphatic heterocycles. The van der Waals surface area contributed by atoms with Crippen molar-refractivity contribution in [2.45, 2.75) is 32.6 Å². The van der Waals surface area contributed by atoms with Crippen LogP contribution in [0.25, 0.3) is 0 Å². The predicted molar refractivity (Wildman–Crippen MR) is 94.3 cm³/mol. The van der Waals surface area contributed by atoms with Gasteiger partial charge in [0.2, 0.25) is 5.91 Å². The van der Waals surface area contributed by atoms with E-state index in [-0.39, 0.29) is 11.5 Å². The van der Waals surface area contributed by atoms with Gasteiger partial charge >= 0.3 is 5.97 Å². The molecule has 2 N–H and O–H groups in total. The summed E-state index contributed by atoms with van der Waals surface area (Å²) in [5.74, 6) is -0.890. The number of rotatable bonds is 8.